The second-order valence-corrected chi connectivity index (χ2v) is 7.29. The molecule has 0 aromatic rings. The zero-order valence-electron chi connectivity index (χ0n) is 13.4. The molecule has 0 aromatic carbocycles. The summed E-state index contributed by atoms with van der Waals surface area (Å²) < 4.78 is 0. The van der Waals surface area contributed by atoms with Crippen molar-refractivity contribution in [2.75, 3.05) is 6.54 Å². The van der Waals surface area contributed by atoms with E-state index in [0.717, 1.165) is 13.0 Å². The van der Waals surface area contributed by atoms with Crippen LogP contribution in [0.25, 0.3) is 0 Å². The second-order valence-electron chi connectivity index (χ2n) is 7.29. The molecule has 3 nitrogen and oxygen atoms in total. The SMILES string of the molecule is CC(C)C1CCCCC1NC(=O)CCNC(C)(C)C. The first kappa shape index (κ1) is 16.5. The van der Waals surface area contributed by atoms with Crippen LogP contribution in [0.4, 0.5) is 0 Å². The van der Waals surface area contributed by atoms with Gasteiger partial charge in [-0.3, -0.25) is 4.79 Å². The molecule has 2 unspecified atom stereocenters. The topological polar surface area (TPSA) is 41.1 Å². The molecule has 2 atom stereocenters. The van der Waals surface area contributed by atoms with Crippen LogP contribution in [0.1, 0.15) is 66.7 Å². The van der Waals surface area contributed by atoms with Crippen molar-refractivity contribution in [1.29, 1.82) is 0 Å². The lowest BCUT2D eigenvalue weighted by Gasteiger charge is -2.35. The van der Waals surface area contributed by atoms with E-state index in [1.54, 1.807) is 0 Å². The highest BCUT2D eigenvalue weighted by atomic mass is 16.1. The van der Waals surface area contributed by atoms with E-state index in [9.17, 15) is 4.79 Å². The van der Waals surface area contributed by atoms with E-state index in [-0.39, 0.29) is 11.4 Å². The first-order valence-electron chi connectivity index (χ1n) is 7.84. The minimum atomic E-state index is 0.0889. The summed E-state index contributed by atoms with van der Waals surface area (Å²) >= 11 is 0. The van der Waals surface area contributed by atoms with Crippen LogP contribution in [0.5, 0.6) is 0 Å². The van der Waals surface area contributed by atoms with Gasteiger partial charge in [0.25, 0.3) is 0 Å². The number of nitrogens with one attached hydrogen (secondary N) is 2. The van der Waals surface area contributed by atoms with Crippen molar-refractivity contribution < 1.29 is 4.79 Å². The Balaban J connectivity index is 2.33. The summed E-state index contributed by atoms with van der Waals surface area (Å²) in [5.74, 6) is 1.53. The van der Waals surface area contributed by atoms with Crippen molar-refractivity contribution in [2.24, 2.45) is 11.8 Å². The fourth-order valence-corrected chi connectivity index (χ4v) is 2.97. The summed E-state index contributed by atoms with van der Waals surface area (Å²) in [7, 11) is 0. The van der Waals surface area contributed by atoms with Crippen LogP contribution in [-0.4, -0.2) is 24.0 Å². The van der Waals surface area contributed by atoms with E-state index < -0.39 is 0 Å². The summed E-state index contributed by atoms with van der Waals surface area (Å²) in [6, 6.07) is 0.399. The number of hydrogen-bond donors (Lipinski definition) is 2. The first-order valence-corrected chi connectivity index (χ1v) is 7.84. The molecule has 2 N–H and O–H groups in total. The van der Waals surface area contributed by atoms with Gasteiger partial charge in [-0.05, 0) is 45.4 Å². The van der Waals surface area contributed by atoms with Crippen molar-refractivity contribution in [3.8, 4) is 0 Å². The van der Waals surface area contributed by atoms with Gasteiger partial charge in [-0.1, -0.05) is 26.7 Å². The van der Waals surface area contributed by atoms with Gasteiger partial charge >= 0.3 is 0 Å². The molecule has 1 saturated carbocycles. The molecule has 19 heavy (non-hydrogen) atoms. The minimum Gasteiger partial charge on any atom is -0.353 e. The Kier molecular flexibility index (Phi) is 6.31. The number of carbonyl (C=O) groups is 1. The van der Waals surface area contributed by atoms with Gasteiger partial charge in [0.05, 0.1) is 0 Å². The molecule has 0 heterocycles. The summed E-state index contributed by atoms with van der Waals surface area (Å²) in [5.41, 5.74) is 0.0889. The summed E-state index contributed by atoms with van der Waals surface area (Å²) in [5, 5.41) is 6.62. The van der Waals surface area contributed by atoms with E-state index in [4.69, 9.17) is 0 Å². The maximum atomic E-state index is 12.0. The van der Waals surface area contributed by atoms with E-state index in [1.165, 1.54) is 19.3 Å². The molecule has 1 amide bonds. The maximum absolute atomic E-state index is 12.0. The Morgan fingerprint density at radius 1 is 1.21 bits per heavy atom. The maximum Gasteiger partial charge on any atom is 0.221 e. The van der Waals surface area contributed by atoms with Crippen LogP contribution in [0, 0.1) is 11.8 Å². The smallest absolute Gasteiger partial charge is 0.221 e. The number of rotatable bonds is 5. The monoisotopic (exact) mass is 268 g/mol. The van der Waals surface area contributed by atoms with Crippen LogP contribution >= 0.6 is 0 Å². The van der Waals surface area contributed by atoms with Gasteiger partial charge in [-0.25, -0.2) is 0 Å². The van der Waals surface area contributed by atoms with Gasteiger partial charge in [-0.15, -0.1) is 0 Å². The lowest BCUT2D eigenvalue weighted by Crippen LogP contribution is -2.45. The molecule has 0 radical (unpaired) electrons. The molecule has 3 heteroatoms. The van der Waals surface area contributed by atoms with E-state index in [0.29, 0.717) is 24.3 Å². The molecular formula is C16H32N2O. The zero-order valence-corrected chi connectivity index (χ0v) is 13.4. The van der Waals surface area contributed by atoms with Gasteiger partial charge in [-0.2, -0.15) is 0 Å². The number of carbonyl (C=O) groups excluding carboxylic acids is 1. The van der Waals surface area contributed by atoms with Crippen LogP contribution in [0.2, 0.25) is 0 Å². The molecular weight excluding hydrogens is 236 g/mol. The third kappa shape index (κ3) is 6.42. The molecule has 0 saturated heterocycles. The van der Waals surface area contributed by atoms with Crippen molar-refractivity contribution in [1.82, 2.24) is 10.6 Å². The summed E-state index contributed by atoms with van der Waals surface area (Å²) in [6.45, 7) is 11.7. The fourth-order valence-electron chi connectivity index (χ4n) is 2.97. The van der Waals surface area contributed by atoms with Crippen molar-refractivity contribution in [2.45, 2.75) is 78.3 Å². The van der Waals surface area contributed by atoms with E-state index in [1.807, 2.05) is 0 Å². The highest BCUT2D eigenvalue weighted by Crippen LogP contribution is 2.30. The number of hydrogen-bond acceptors (Lipinski definition) is 2. The van der Waals surface area contributed by atoms with Gasteiger partial charge in [0.2, 0.25) is 5.91 Å². The summed E-state index contributed by atoms with van der Waals surface area (Å²) in [4.78, 5) is 12.0. The lowest BCUT2D eigenvalue weighted by atomic mass is 9.78. The van der Waals surface area contributed by atoms with Crippen LogP contribution in [0.15, 0.2) is 0 Å². The predicted octanol–water partition coefficient (Wildman–Crippen LogP) is 3.10. The largest absolute Gasteiger partial charge is 0.353 e. The lowest BCUT2D eigenvalue weighted by molar-refractivity contribution is -0.122. The van der Waals surface area contributed by atoms with Crippen molar-refractivity contribution in [3.05, 3.63) is 0 Å². The first-order chi connectivity index (χ1) is 8.79. The third-order valence-electron chi connectivity index (χ3n) is 4.03. The van der Waals surface area contributed by atoms with Crippen molar-refractivity contribution >= 4 is 5.91 Å². The van der Waals surface area contributed by atoms with Gasteiger partial charge in [0, 0.05) is 24.5 Å². The standard InChI is InChI=1S/C16H32N2O/c1-12(2)13-8-6-7-9-14(13)18-15(19)10-11-17-16(3,4)5/h12-14,17H,6-11H2,1-5H3,(H,18,19). The molecule has 112 valence electrons. The van der Waals surface area contributed by atoms with E-state index in [2.05, 4.69) is 45.3 Å². The van der Waals surface area contributed by atoms with Gasteiger partial charge < -0.3 is 10.6 Å². The molecule has 0 aliphatic heterocycles. The Hall–Kier alpha value is -0.570. The van der Waals surface area contributed by atoms with E-state index >= 15 is 0 Å². The Labute approximate surface area is 118 Å². The molecule has 0 aromatic heterocycles. The Morgan fingerprint density at radius 2 is 1.84 bits per heavy atom. The van der Waals surface area contributed by atoms with Crippen LogP contribution < -0.4 is 10.6 Å². The Morgan fingerprint density at radius 3 is 2.42 bits per heavy atom. The number of amides is 1. The second kappa shape index (κ2) is 7.28. The molecule has 0 spiro atoms. The summed E-state index contributed by atoms with van der Waals surface area (Å²) in [6.07, 6.45) is 5.58. The third-order valence-corrected chi connectivity index (χ3v) is 4.03. The van der Waals surface area contributed by atoms with Crippen molar-refractivity contribution in [3.63, 3.8) is 0 Å². The molecule has 1 aliphatic carbocycles. The molecule has 0 bridgehead atoms. The fraction of sp³-hybridized carbons (Fsp3) is 0.938. The zero-order chi connectivity index (χ0) is 14.5. The highest BCUT2D eigenvalue weighted by Gasteiger charge is 2.28. The quantitative estimate of drug-likeness (QED) is 0.804. The van der Waals surface area contributed by atoms with Crippen LogP contribution in [-0.2, 0) is 4.79 Å². The molecule has 1 aliphatic rings. The average Bonchev–Trinajstić information content (AvgIpc) is 2.27. The Bertz CT molecular complexity index is 281. The minimum absolute atomic E-state index is 0.0889. The average molecular weight is 268 g/mol. The molecule has 1 rings (SSSR count). The van der Waals surface area contributed by atoms with Gasteiger partial charge in [0.15, 0.2) is 0 Å². The normalized spacial score (nSPS) is 24.5. The van der Waals surface area contributed by atoms with Gasteiger partial charge in [0.1, 0.15) is 0 Å². The van der Waals surface area contributed by atoms with Crippen LogP contribution in [0.3, 0.4) is 0 Å². The molecule has 1 fully saturated rings. The highest BCUT2D eigenvalue weighted by molar-refractivity contribution is 5.76. The predicted molar refractivity (Wildman–Crippen MR) is 81.1 cm³/mol.